The zero-order valence-electron chi connectivity index (χ0n) is 20.8. The predicted octanol–water partition coefficient (Wildman–Crippen LogP) is 10.6. The first kappa shape index (κ1) is 21.4. The Balaban J connectivity index is 1.48. The van der Waals surface area contributed by atoms with Crippen LogP contribution in [0.1, 0.15) is 0 Å². The molecule has 0 bridgehead atoms. The fraction of sp³-hybridized carbons (Fsp3) is 0. The summed E-state index contributed by atoms with van der Waals surface area (Å²) in [6.07, 6.45) is 3.72. The summed E-state index contributed by atoms with van der Waals surface area (Å²) in [6.45, 7) is 0. The lowest BCUT2D eigenvalue weighted by Gasteiger charge is -2.10. The van der Waals surface area contributed by atoms with E-state index in [1.807, 2.05) is 35.1 Å². The molecule has 39 heavy (non-hydrogen) atoms. The number of fused-ring (bicyclic) bond motifs is 11. The van der Waals surface area contributed by atoms with Gasteiger partial charge >= 0.3 is 0 Å². The van der Waals surface area contributed by atoms with E-state index in [0.29, 0.717) is 0 Å². The van der Waals surface area contributed by atoms with Crippen LogP contribution in [0.5, 0.6) is 0 Å². The molecule has 0 aliphatic carbocycles. The Morgan fingerprint density at radius 1 is 0.487 bits per heavy atom. The summed E-state index contributed by atoms with van der Waals surface area (Å²) in [4.78, 5) is 4.22. The topological polar surface area (TPSA) is 17.8 Å². The number of rotatable bonds is 2. The first-order valence-electron chi connectivity index (χ1n) is 13.0. The minimum atomic E-state index is 1.17. The van der Waals surface area contributed by atoms with Crippen LogP contribution >= 0.6 is 22.7 Å². The number of pyridine rings is 1. The van der Waals surface area contributed by atoms with Gasteiger partial charge < -0.3 is 4.57 Å². The molecule has 0 radical (unpaired) electrons. The number of hydrogen-bond acceptors (Lipinski definition) is 3. The molecule has 0 aliphatic heterocycles. The lowest BCUT2D eigenvalue weighted by atomic mass is 10.1. The van der Waals surface area contributed by atoms with Crippen molar-refractivity contribution in [3.8, 4) is 16.8 Å². The summed E-state index contributed by atoms with van der Waals surface area (Å²) < 4.78 is 7.87. The maximum Gasteiger partial charge on any atom is 0.0556 e. The summed E-state index contributed by atoms with van der Waals surface area (Å²) in [6, 6.07) is 39.9. The van der Waals surface area contributed by atoms with E-state index in [2.05, 4.69) is 119 Å². The van der Waals surface area contributed by atoms with E-state index in [1.54, 1.807) is 0 Å². The van der Waals surface area contributed by atoms with Crippen molar-refractivity contribution in [1.29, 1.82) is 0 Å². The third-order valence-corrected chi connectivity index (χ3v) is 10.3. The van der Waals surface area contributed by atoms with Crippen molar-refractivity contribution in [2.24, 2.45) is 0 Å². The van der Waals surface area contributed by atoms with Crippen molar-refractivity contribution in [3.63, 3.8) is 0 Å². The molecule has 9 rings (SSSR count). The highest BCUT2D eigenvalue weighted by atomic mass is 32.1. The van der Waals surface area contributed by atoms with E-state index in [9.17, 15) is 0 Å². The molecule has 4 aromatic heterocycles. The van der Waals surface area contributed by atoms with Gasteiger partial charge in [0.2, 0.25) is 0 Å². The molecule has 0 saturated heterocycles. The molecule has 0 N–H and O–H groups in total. The first-order valence-corrected chi connectivity index (χ1v) is 14.7. The van der Waals surface area contributed by atoms with E-state index >= 15 is 0 Å². The van der Waals surface area contributed by atoms with Crippen LogP contribution in [0.4, 0.5) is 0 Å². The molecule has 5 aromatic carbocycles. The van der Waals surface area contributed by atoms with Crippen LogP contribution in [-0.2, 0) is 0 Å². The normalized spacial score (nSPS) is 12.1. The predicted molar refractivity (Wildman–Crippen MR) is 170 cm³/mol. The standard InChI is InChI=1S/C35H20N2S2/c1-3-10-30-24(8-1)26-12-14-28-32(34(26)38-30)33-29(15-13-27-25-9-2-4-11-31(25)39-35(27)33)37(28)23-7-5-6-22(20-23)21-16-18-36-19-17-21/h1-20H. The van der Waals surface area contributed by atoms with E-state index in [4.69, 9.17) is 0 Å². The Morgan fingerprint density at radius 3 is 1.69 bits per heavy atom. The van der Waals surface area contributed by atoms with Crippen LogP contribution in [0, 0.1) is 0 Å². The molecule has 9 aromatic rings. The molecule has 4 heteroatoms. The zero-order chi connectivity index (χ0) is 25.5. The number of hydrogen-bond donors (Lipinski definition) is 0. The van der Waals surface area contributed by atoms with Gasteiger partial charge in [0.1, 0.15) is 0 Å². The van der Waals surface area contributed by atoms with E-state index in [0.717, 1.165) is 0 Å². The monoisotopic (exact) mass is 532 g/mol. The molecule has 4 heterocycles. The van der Waals surface area contributed by atoms with Crippen LogP contribution in [0.25, 0.3) is 79.0 Å². The van der Waals surface area contributed by atoms with Gasteiger partial charge in [-0.15, -0.1) is 22.7 Å². The second-order valence-electron chi connectivity index (χ2n) is 9.99. The largest absolute Gasteiger partial charge is 0.309 e. The lowest BCUT2D eigenvalue weighted by Crippen LogP contribution is -1.94. The van der Waals surface area contributed by atoms with Crippen molar-refractivity contribution >= 4 is 84.8 Å². The summed E-state index contributed by atoms with van der Waals surface area (Å²) in [5.41, 5.74) is 6.04. The second kappa shape index (κ2) is 8.00. The van der Waals surface area contributed by atoms with Crippen molar-refractivity contribution in [1.82, 2.24) is 9.55 Å². The third-order valence-electron chi connectivity index (χ3n) is 7.90. The Kier molecular flexibility index (Phi) is 4.39. The highest BCUT2D eigenvalue weighted by Crippen LogP contribution is 2.48. The highest BCUT2D eigenvalue weighted by Gasteiger charge is 2.21. The van der Waals surface area contributed by atoms with Crippen LogP contribution in [0.15, 0.2) is 122 Å². The fourth-order valence-corrected chi connectivity index (χ4v) is 8.69. The maximum atomic E-state index is 4.22. The zero-order valence-corrected chi connectivity index (χ0v) is 22.4. The first-order chi connectivity index (χ1) is 19.3. The smallest absolute Gasteiger partial charge is 0.0556 e. The maximum absolute atomic E-state index is 4.22. The highest BCUT2D eigenvalue weighted by molar-refractivity contribution is 7.28. The third kappa shape index (κ3) is 2.98. The van der Waals surface area contributed by atoms with Crippen LogP contribution in [0.2, 0.25) is 0 Å². The Labute approximate surface area is 232 Å². The minimum Gasteiger partial charge on any atom is -0.309 e. The molecule has 182 valence electrons. The summed E-state index contributed by atoms with van der Waals surface area (Å²) in [5, 5.41) is 8.06. The fourth-order valence-electron chi connectivity index (χ4n) is 6.19. The van der Waals surface area contributed by atoms with Crippen LogP contribution in [0.3, 0.4) is 0 Å². The van der Waals surface area contributed by atoms with Gasteiger partial charge in [0, 0.05) is 69.2 Å². The van der Waals surface area contributed by atoms with Gasteiger partial charge in [0.05, 0.1) is 11.0 Å². The Hall–Kier alpha value is -4.51. The quantitative estimate of drug-likeness (QED) is 0.216. The van der Waals surface area contributed by atoms with Crippen molar-refractivity contribution in [3.05, 3.63) is 122 Å². The summed E-state index contributed by atoms with van der Waals surface area (Å²) in [5.74, 6) is 0. The molecule has 0 spiro atoms. The van der Waals surface area contributed by atoms with Crippen molar-refractivity contribution < 1.29 is 0 Å². The number of benzene rings is 5. The van der Waals surface area contributed by atoms with Crippen molar-refractivity contribution in [2.45, 2.75) is 0 Å². The SMILES string of the molecule is c1cc(-c2ccncc2)cc(-n2c3ccc4c5ccccc5sc4c3c3c4sc5ccccc5c4ccc32)c1. The van der Waals surface area contributed by atoms with Crippen molar-refractivity contribution in [2.75, 3.05) is 0 Å². The van der Waals surface area contributed by atoms with Gasteiger partial charge in [0.15, 0.2) is 0 Å². The van der Waals surface area contributed by atoms with Gasteiger partial charge in [-0.1, -0.05) is 60.7 Å². The van der Waals surface area contributed by atoms with Crippen LogP contribution in [-0.4, -0.2) is 9.55 Å². The molecule has 0 amide bonds. The average Bonchev–Trinajstić information content (AvgIpc) is 3.66. The molecule has 2 nitrogen and oxygen atoms in total. The van der Waals surface area contributed by atoms with E-state index < -0.39 is 0 Å². The molecule has 0 fully saturated rings. The van der Waals surface area contributed by atoms with Gasteiger partial charge in [-0.2, -0.15) is 0 Å². The Morgan fingerprint density at radius 2 is 1.08 bits per heavy atom. The number of thiophene rings is 2. The second-order valence-corrected chi connectivity index (χ2v) is 12.1. The Bertz CT molecular complexity index is 2260. The van der Waals surface area contributed by atoms with E-state index in [1.165, 1.54) is 79.0 Å². The number of aromatic nitrogens is 2. The molecule has 0 saturated carbocycles. The average molecular weight is 533 g/mol. The molecule has 0 atom stereocenters. The van der Waals surface area contributed by atoms with Gasteiger partial charge in [0.25, 0.3) is 0 Å². The van der Waals surface area contributed by atoms with E-state index in [-0.39, 0.29) is 0 Å². The molecule has 0 unspecified atom stereocenters. The lowest BCUT2D eigenvalue weighted by molar-refractivity contribution is 1.18. The molecule has 0 aliphatic rings. The van der Waals surface area contributed by atoms with Crippen LogP contribution < -0.4 is 0 Å². The number of nitrogens with zero attached hydrogens (tertiary/aromatic N) is 2. The molecular formula is C35H20N2S2. The van der Waals surface area contributed by atoms with Gasteiger partial charge in [-0.05, 0) is 59.7 Å². The van der Waals surface area contributed by atoms with Gasteiger partial charge in [-0.25, -0.2) is 0 Å². The summed E-state index contributed by atoms with van der Waals surface area (Å²) >= 11 is 3.83. The summed E-state index contributed by atoms with van der Waals surface area (Å²) in [7, 11) is 0. The minimum absolute atomic E-state index is 1.17. The van der Waals surface area contributed by atoms with Gasteiger partial charge in [-0.3, -0.25) is 4.98 Å². The molecular weight excluding hydrogens is 513 g/mol.